The minimum atomic E-state index is 0.553. The Hall–Kier alpha value is -1.93. The maximum Gasteiger partial charge on any atom is 0.134 e. The van der Waals surface area contributed by atoms with Gasteiger partial charge in [-0.15, -0.1) is 11.3 Å². The van der Waals surface area contributed by atoms with Crippen LogP contribution in [0.4, 0.5) is 0 Å². The van der Waals surface area contributed by atoms with Crippen molar-refractivity contribution in [1.29, 1.82) is 5.26 Å². The highest BCUT2D eigenvalue weighted by atomic mass is 79.9. The number of allylic oxidation sites excluding steroid dienone is 1. The highest BCUT2D eigenvalue weighted by molar-refractivity contribution is 9.10. The molecule has 0 aliphatic heterocycles. The van der Waals surface area contributed by atoms with Crippen molar-refractivity contribution in [1.82, 2.24) is 4.98 Å². The predicted octanol–water partition coefficient (Wildman–Crippen LogP) is 6.29. The molecule has 0 bridgehead atoms. The van der Waals surface area contributed by atoms with Gasteiger partial charge in [-0.25, -0.2) is 4.98 Å². The zero-order chi connectivity index (χ0) is 16.2. The Morgan fingerprint density at radius 1 is 1.13 bits per heavy atom. The number of benzene rings is 2. The summed E-state index contributed by atoms with van der Waals surface area (Å²) in [7, 11) is 0. The molecule has 5 heteroatoms. The fourth-order valence-electron chi connectivity index (χ4n) is 2.02. The van der Waals surface area contributed by atoms with Gasteiger partial charge in [-0.1, -0.05) is 51.8 Å². The maximum absolute atomic E-state index is 9.43. The molecule has 0 saturated carbocycles. The van der Waals surface area contributed by atoms with E-state index >= 15 is 0 Å². The third-order valence-corrected chi connectivity index (χ3v) is 4.83. The fraction of sp³-hybridized carbons (Fsp3) is 0. The Balaban J connectivity index is 1.92. The first-order valence-electron chi connectivity index (χ1n) is 6.75. The van der Waals surface area contributed by atoms with Crippen LogP contribution in [0, 0.1) is 11.3 Å². The quantitative estimate of drug-likeness (QED) is 0.483. The summed E-state index contributed by atoms with van der Waals surface area (Å²) in [6, 6.07) is 17.5. The Labute approximate surface area is 151 Å². The van der Waals surface area contributed by atoms with Crippen molar-refractivity contribution < 1.29 is 0 Å². The summed E-state index contributed by atoms with van der Waals surface area (Å²) in [5.74, 6) is 0. The maximum atomic E-state index is 9.43. The van der Waals surface area contributed by atoms with E-state index in [0.29, 0.717) is 15.6 Å². The molecule has 3 aromatic rings. The number of nitrogens with zero attached hydrogens (tertiary/aromatic N) is 2. The van der Waals surface area contributed by atoms with E-state index in [-0.39, 0.29) is 0 Å². The molecule has 3 rings (SSSR count). The second-order valence-electron chi connectivity index (χ2n) is 4.77. The second-order valence-corrected chi connectivity index (χ2v) is 6.98. The predicted molar refractivity (Wildman–Crippen MR) is 100 cm³/mol. The normalized spacial score (nSPS) is 11.3. The van der Waals surface area contributed by atoms with Gasteiger partial charge in [-0.05, 0) is 35.9 Å². The average molecular weight is 402 g/mol. The van der Waals surface area contributed by atoms with Crippen LogP contribution < -0.4 is 0 Å². The van der Waals surface area contributed by atoms with Gasteiger partial charge in [-0.3, -0.25) is 0 Å². The smallest absolute Gasteiger partial charge is 0.134 e. The number of nitriles is 1. The fourth-order valence-corrected chi connectivity index (χ4v) is 3.20. The molecule has 0 atom stereocenters. The highest BCUT2D eigenvalue weighted by Crippen LogP contribution is 2.28. The van der Waals surface area contributed by atoms with Crippen molar-refractivity contribution in [2.24, 2.45) is 0 Å². The Morgan fingerprint density at radius 3 is 2.48 bits per heavy atom. The lowest BCUT2D eigenvalue weighted by Crippen LogP contribution is -1.83. The molecular formula is C18H10BrClN2S. The van der Waals surface area contributed by atoms with Crippen molar-refractivity contribution in [3.63, 3.8) is 0 Å². The van der Waals surface area contributed by atoms with E-state index < -0.39 is 0 Å². The average Bonchev–Trinajstić information content (AvgIpc) is 3.05. The molecule has 0 aliphatic rings. The number of halogens is 2. The van der Waals surface area contributed by atoms with Gasteiger partial charge in [-0.2, -0.15) is 5.26 Å². The van der Waals surface area contributed by atoms with Gasteiger partial charge in [0, 0.05) is 20.4 Å². The van der Waals surface area contributed by atoms with Crippen molar-refractivity contribution in [3.05, 3.63) is 74.0 Å². The minimum Gasteiger partial charge on any atom is -0.235 e. The van der Waals surface area contributed by atoms with Crippen LogP contribution in [0.2, 0.25) is 5.02 Å². The third kappa shape index (κ3) is 3.89. The largest absolute Gasteiger partial charge is 0.235 e. The highest BCUT2D eigenvalue weighted by Gasteiger charge is 2.09. The molecule has 1 heterocycles. The molecule has 23 heavy (non-hydrogen) atoms. The van der Waals surface area contributed by atoms with Crippen molar-refractivity contribution in [2.75, 3.05) is 0 Å². The molecule has 112 valence electrons. The summed E-state index contributed by atoms with van der Waals surface area (Å²) in [4.78, 5) is 4.57. The summed E-state index contributed by atoms with van der Waals surface area (Å²) in [6.07, 6.45) is 1.84. The number of thiazole rings is 1. The number of aromatic nitrogens is 1. The first-order valence-corrected chi connectivity index (χ1v) is 8.80. The Bertz CT molecular complexity index is 890. The van der Waals surface area contributed by atoms with E-state index in [2.05, 4.69) is 27.0 Å². The molecule has 1 aromatic heterocycles. The monoisotopic (exact) mass is 400 g/mol. The van der Waals surface area contributed by atoms with Gasteiger partial charge < -0.3 is 0 Å². The van der Waals surface area contributed by atoms with Gasteiger partial charge in [0.15, 0.2) is 0 Å². The molecule has 0 unspecified atom stereocenters. The molecule has 2 aromatic carbocycles. The molecule has 0 aliphatic carbocycles. The summed E-state index contributed by atoms with van der Waals surface area (Å²) in [5, 5.41) is 12.8. The zero-order valence-electron chi connectivity index (χ0n) is 11.8. The molecule has 0 spiro atoms. The molecule has 2 nitrogen and oxygen atoms in total. The first kappa shape index (κ1) is 15.9. The lowest BCUT2D eigenvalue weighted by Gasteiger charge is -1.97. The molecule has 0 saturated heterocycles. The number of rotatable bonds is 3. The molecule has 0 fully saturated rings. The van der Waals surface area contributed by atoms with E-state index in [1.165, 1.54) is 11.3 Å². The van der Waals surface area contributed by atoms with Crippen LogP contribution in [0.3, 0.4) is 0 Å². The van der Waals surface area contributed by atoms with Crippen molar-refractivity contribution in [2.45, 2.75) is 0 Å². The van der Waals surface area contributed by atoms with Crippen molar-refractivity contribution in [3.8, 4) is 17.3 Å². The molecule has 0 amide bonds. The van der Waals surface area contributed by atoms with Crippen LogP contribution in [0.5, 0.6) is 0 Å². The van der Waals surface area contributed by atoms with Gasteiger partial charge in [0.1, 0.15) is 11.1 Å². The van der Waals surface area contributed by atoms with Gasteiger partial charge in [0.25, 0.3) is 0 Å². The lowest BCUT2D eigenvalue weighted by atomic mass is 10.1. The van der Waals surface area contributed by atoms with E-state index in [1.807, 2.05) is 60.0 Å². The van der Waals surface area contributed by atoms with Crippen LogP contribution >= 0.6 is 38.9 Å². The summed E-state index contributed by atoms with van der Waals surface area (Å²) >= 11 is 10.8. The van der Waals surface area contributed by atoms with Crippen LogP contribution in [0.15, 0.2) is 58.4 Å². The van der Waals surface area contributed by atoms with Crippen LogP contribution in [0.1, 0.15) is 10.6 Å². The lowest BCUT2D eigenvalue weighted by molar-refractivity contribution is 1.37. The minimum absolute atomic E-state index is 0.553. The van der Waals surface area contributed by atoms with E-state index in [1.54, 1.807) is 0 Å². The van der Waals surface area contributed by atoms with Gasteiger partial charge in [0.2, 0.25) is 0 Å². The van der Waals surface area contributed by atoms with Crippen LogP contribution in [0.25, 0.3) is 22.9 Å². The zero-order valence-corrected chi connectivity index (χ0v) is 15.0. The van der Waals surface area contributed by atoms with Gasteiger partial charge >= 0.3 is 0 Å². The van der Waals surface area contributed by atoms with E-state index in [0.717, 1.165) is 21.3 Å². The summed E-state index contributed by atoms with van der Waals surface area (Å²) < 4.78 is 1.01. The van der Waals surface area contributed by atoms with Crippen LogP contribution in [-0.2, 0) is 0 Å². The molecule has 0 N–H and O–H groups in total. The number of hydrogen-bond acceptors (Lipinski definition) is 3. The van der Waals surface area contributed by atoms with Crippen LogP contribution in [-0.4, -0.2) is 4.98 Å². The Morgan fingerprint density at radius 2 is 1.83 bits per heavy atom. The summed E-state index contributed by atoms with van der Waals surface area (Å²) in [5.41, 5.74) is 3.35. The first-order chi connectivity index (χ1) is 11.2. The third-order valence-electron chi connectivity index (χ3n) is 3.18. The molecule has 0 radical (unpaired) electrons. The van der Waals surface area contributed by atoms with Crippen molar-refractivity contribution >= 4 is 50.5 Å². The summed E-state index contributed by atoms with van der Waals surface area (Å²) in [6.45, 7) is 0. The topological polar surface area (TPSA) is 36.7 Å². The molecular weight excluding hydrogens is 392 g/mol. The van der Waals surface area contributed by atoms with Gasteiger partial charge in [0.05, 0.1) is 11.3 Å². The SMILES string of the molecule is N#CC(=Cc1ccc(Br)cc1)c1nc(-c2ccc(Cl)cc2)cs1. The standard InChI is InChI=1S/C18H10BrClN2S/c19-15-5-1-12(2-6-15)9-14(10-21)18-22-17(11-23-18)13-3-7-16(20)8-4-13/h1-9,11H. The second kappa shape index (κ2) is 7.10. The number of hydrogen-bond donors (Lipinski definition) is 0. The van der Waals surface area contributed by atoms with E-state index in [4.69, 9.17) is 11.6 Å². The van der Waals surface area contributed by atoms with E-state index in [9.17, 15) is 5.26 Å². The Kier molecular flexibility index (Phi) is 4.92.